The molecule has 1 aromatic heterocycles. The van der Waals surface area contributed by atoms with E-state index < -0.39 is 5.91 Å². The van der Waals surface area contributed by atoms with Crippen LogP contribution in [-0.2, 0) is 4.74 Å². The molecule has 0 unspecified atom stereocenters. The van der Waals surface area contributed by atoms with Crippen molar-refractivity contribution < 1.29 is 23.8 Å². The van der Waals surface area contributed by atoms with Crippen molar-refractivity contribution in [3.05, 3.63) is 63.1 Å². The number of rotatable bonds is 6. The van der Waals surface area contributed by atoms with Gasteiger partial charge in [0.25, 0.3) is 11.8 Å². The molecule has 1 aliphatic rings. The molecule has 11 heteroatoms. The van der Waals surface area contributed by atoms with Crippen LogP contribution in [-0.4, -0.2) is 62.2 Å². The first-order chi connectivity index (χ1) is 16.4. The first-order valence-electron chi connectivity index (χ1n) is 10.3. The van der Waals surface area contributed by atoms with Gasteiger partial charge in [-0.05, 0) is 30.3 Å². The third-order valence-corrected chi connectivity index (χ3v) is 6.70. The molecule has 8 nitrogen and oxygen atoms in total. The highest BCUT2D eigenvalue weighted by Gasteiger charge is 2.28. The number of hydrogen-bond acceptors (Lipinski definition) is 7. The number of carbonyl (C=O) groups is 2. The molecule has 1 aliphatic heterocycles. The first kappa shape index (κ1) is 24.3. The lowest BCUT2D eigenvalue weighted by Gasteiger charge is -2.26. The molecule has 0 saturated carbocycles. The van der Waals surface area contributed by atoms with E-state index >= 15 is 0 Å². The molecule has 0 bridgehead atoms. The summed E-state index contributed by atoms with van der Waals surface area (Å²) in [5.41, 5.74) is 0.700. The molecule has 0 atom stereocenters. The van der Waals surface area contributed by atoms with Gasteiger partial charge in [-0.3, -0.25) is 14.5 Å². The van der Waals surface area contributed by atoms with Crippen molar-refractivity contribution in [3.8, 4) is 11.5 Å². The van der Waals surface area contributed by atoms with Crippen LogP contribution in [0.3, 0.4) is 0 Å². The predicted octanol–water partition coefficient (Wildman–Crippen LogP) is 4.92. The summed E-state index contributed by atoms with van der Waals surface area (Å²) in [5.74, 6) is 0.344. The van der Waals surface area contributed by atoms with E-state index in [0.717, 1.165) is 11.3 Å². The topological polar surface area (TPSA) is 81.2 Å². The number of carbonyl (C=O) groups excluding carboxylic acids is 2. The summed E-state index contributed by atoms with van der Waals surface area (Å²) < 4.78 is 16.1. The van der Waals surface area contributed by atoms with Crippen LogP contribution in [0.15, 0.2) is 42.6 Å². The summed E-state index contributed by atoms with van der Waals surface area (Å²) >= 11 is 13.5. The van der Waals surface area contributed by atoms with Crippen LogP contribution in [0.4, 0.5) is 10.8 Å². The van der Waals surface area contributed by atoms with Crippen LogP contribution in [0.1, 0.15) is 20.0 Å². The van der Waals surface area contributed by atoms with Gasteiger partial charge in [0.05, 0.1) is 49.9 Å². The van der Waals surface area contributed by atoms with E-state index in [9.17, 15) is 9.59 Å². The lowest BCUT2D eigenvalue weighted by Crippen LogP contribution is -2.40. The Morgan fingerprint density at radius 2 is 1.79 bits per heavy atom. The molecule has 178 valence electrons. The highest BCUT2D eigenvalue weighted by Crippen LogP contribution is 2.38. The second kappa shape index (κ2) is 10.6. The number of thiazole rings is 1. The van der Waals surface area contributed by atoms with Crippen molar-refractivity contribution in [3.63, 3.8) is 0 Å². The van der Waals surface area contributed by atoms with Gasteiger partial charge in [0, 0.05) is 24.2 Å². The normalized spacial score (nSPS) is 13.5. The minimum atomic E-state index is -0.436. The van der Waals surface area contributed by atoms with E-state index in [1.54, 1.807) is 35.2 Å². The van der Waals surface area contributed by atoms with E-state index in [1.165, 1.54) is 31.4 Å². The Labute approximate surface area is 210 Å². The van der Waals surface area contributed by atoms with Gasteiger partial charge >= 0.3 is 0 Å². The number of morpholine rings is 1. The van der Waals surface area contributed by atoms with Crippen LogP contribution in [0.2, 0.25) is 10.0 Å². The summed E-state index contributed by atoms with van der Waals surface area (Å²) in [6.07, 6.45) is 1.47. The minimum absolute atomic E-state index is 0.156. The maximum absolute atomic E-state index is 13.7. The number of halogens is 2. The predicted molar refractivity (Wildman–Crippen MR) is 131 cm³/mol. The smallest absolute Gasteiger partial charge is 0.266 e. The van der Waals surface area contributed by atoms with E-state index in [0.29, 0.717) is 58.5 Å². The molecule has 0 radical (unpaired) electrons. The number of ether oxygens (including phenoxy) is 3. The molecule has 34 heavy (non-hydrogen) atoms. The number of nitrogens with zero attached hydrogens (tertiary/aromatic N) is 3. The molecule has 1 saturated heterocycles. The van der Waals surface area contributed by atoms with Gasteiger partial charge < -0.3 is 19.1 Å². The summed E-state index contributed by atoms with van der Waals surface area (Å²) in [4.78, 5) is 34.6. The van der Waals surface area contributed by atoms with Crippen molar-refractivity contribution in [1.82, 2.24) is 9.88 Å². The number of aromatic nitrogens is 1. The second-order valence-electron chi connectivity index (χ2n) is 7.22. The third-order valence-electron chi connectivity index (χ3n) is 5.18. The van der Waals surface area contributed by atoms with Crippen LogP contribution in [0, 0.1) is 0 Å². The highest BCUT2D eigenvalue weighted by molar-refractivity contribution is 7.17. The zero-order valence-electron chi connectivity index (χ0n) is 18.4. The zero-order chi connectivity index (χ0) is 24.2. The van der Waals surface area contributed by atoms with Crippen molar-refractivity contribution in [2.24, 2.45) is 0 Å². The molecule has 4 rings (SSSR count). The Morgan fingerprint density at radius 3 is 2.47 bits per heavy atom. The minimum Gasteiger partial charge on any atom is -0.493 e. The molecule has 2 amide bonds. The first-order valence-corrected chi connectivity index (χ1v) is 11.8. The summed E-state index contributed by atoms with van der Waals surface area (Å²) in [6, 6.07) is 9.68. The van der Waals surface area contributed by atoms with E-state index in [1.807, 2.05) is 0 Å². The molecule has 2 heterocycles. The Hall–Kier alpha value is -2.85. The third kappa shape index (κ3) is 4.97. The number of methoxy groups -OCH3 is 2. The highest BCUT2D eigenvalue weighted by atomic mass is 35.5. The Balaban J connectivity index is 1.76. The summed E-state index contributed by atoms with van der Waals surface area (Å²) in [7, 11) is 3.03. The fourth-order valence-electron chi connectivity index (χ4n) is 3.45. The summed E-state index contributed by atoms with van der Waals surface area (Å²) in [5, 5.41) is 0.913. The van der Waals surface area contributed by atoms with Gasteiger partial charge in [-0.2, -0.15) is 0 Å². The number of anilines is 2. The van der Waals surface area contributed by atoms with Gasteiger partial charge in [-0.1, -0.05) is 34.5 Å². The largest absolute Gasteiger partial charge is 0.493 e. The second-order valence-corrected chi connectivity index (χ2v) is 9.07. The lowest BCUT2D eigenvalue weighted by atomic mass is 10.1. The Morgan fingerprint density at radius 1 is 1.06 bits per heavy atom. The average Bonchev–Trinajstić information content (AvgIpc) is 3.33. The van der Waals surface area contributed by atoms with Crippen molar-refractivity contribution in [2.75, 3.05) is 45.4 Å². The Kier molecular flexibility index (Phi) is 7.57. The molecule has 3 aromatic rings. The monoisotopic (exact) mass is 521 g/mol. The number of amides is 2. The molecule has 0 N–H and O–H groups in total. The Bertz CT molecular complexity index is 1210. The van der Waals surface area contributed by atoms with Crippen LogP contribution in [0.5, 0.6) is 11.5 Å². The maximum Gasteiger partial charge on any atom is 0.266 e. The molecule has 0 spiro atoms. The number of benzene rings is 2. The fourth-order valence-corrected chi connectivity index (χ4v) is 4.84. The van der Waals surface area contributed by atoms with Gasteiger partial charge in [-0.15, -0.1) is 0 Å². The van der Waals surface area contributed by atoms with Gasteiger partial charge in [0.15, 0.2) is 16.6 Å². The summed E-state index contributed by atoms with van der Waals surface area (Å²) in [6.45, 7) is 1.99. The molecular weight excluding hydrogens is 501 g/mol. The molecular formula is C23H21Cl2N3O5S. The van der Waals surface area contributed by atoms with Gasteiger partial charge in [0.1, 0.15) is 4.88 Å². The van der Waals surface area contributed by atoms with E-state index in [-0.39, 0.29) is 16.5 Å². The van der Waals surface area contributed by atoms with Crippen LogP contribution >= 0.6 is 34.5 Å². The molecule has 2 aromatic carbocycles. The van der Waals surface area contributed by atoms with Gasteiger partial charge in [0.2, 0.25) is 0 Å². The number of hydrogen-bond donors (Lipinski definition) is 0. The average molecular weight is 522 g/mol. The molecule has 1 fully saturated rings. The zero-order valence-corrected chi connectivity index (χ0v) is 20.7. The van der Waals surface area contributed by atoms with E-state index in [2.05, 4.69) is 4.98 Å². The quantitative estimate of drug-likeness (QED) is 0.458. The standard InChI is InChI=1S/C23H21Cl2N3O5S/c1-31-18-6-4-15(12-19(18)32-2)28(21(29)16-5-3-14(24)11-17(16)25)23-26-13-20(34-23)22(30)27-7-9-33-10-8-27/h3-6,11-13H,7-10H2,1-2H3. The van der Waals surface area contributed by atoms with Crippen LogP contribution < -0.4 is 14.4 Å². The van der Waals surface area contributed by atoms with Gasteiger partial charge in [-0.25, -0.2) is 4.98 Å². The van der Waals surface area contributed by atoms with Crippen molar-refractivity contribution in [1.29, 1.82) is 0 Å². The fraction of sp³-hybridized carbons (Fsp3) is 0.261. The molecule has 0 aliphatic carbocycles. The van der Waals surface area contributed by atoms with E-state index in [4.69, 9.17) is 37.4 Å². The maximum atomic E-state index is 13.7. The SMILES string of the molecule is COc1ccc(N(C(=O)c2ccc(Cl)cc2Cl)c2ncc(C(=O)N3CCOCC3)s2)cc1OC. The van der Waals surface area contributed by atoms with Crippen molar-refractivity contribution >= 4 is 57.2 Å². The lowest BCUT2D eigenvalue weighted by molar-refractivity contribution is 0.0306. The van der Waals surface area contributed by atoms with Crippen LogP contribution in [0.25, 0.3) is 0 Å². The van der Waals surface area contributed by atoms with Crippen molar-refractivity contribution in [2.45, 2.75) is 0 Å².